The number of nitrogens with zero attached hydrogens (tertiary/aromatic N) is 1. The topological polar surface area (TPSA) is 95.6 Å². The van der Waals surface area contributed by atoms with Crippen molar-refractivity contribution in [3.05, 3.63) is 54.1 Å². The van der Waals surface area contributed by atoms with Crippen LogP contribution >= 0.6 is 0 Å². The van der Waals surface area contributed by atoms with Gasteiger partial charge in [-0.3, -0.25) is 9.59 Å². The molecule has 2 amide bonds. The molecule has 2 N–H and O–H groups in total. The average Bonchev–Trinajstić information content (AvgIpc) is 2.61. The maximum absolute atomic E-state index is 12.5. The lowest BCUT2D eigenvalue weighted by Crippen LogP contribution is -2.40. The molecule has 0 fully saturated rings. The van der Waals surface area contributed by atoms with Gasteiger partial charge in [-0.2, -0.15) is 0 Å². The highest BCUT2D eigenvalue weighted by Crippen LogP contribution is 2.17. The number of sulfonamides is 1. The van der Waals surface area contributed by atoms with Crippen molar-refractivity contribution in [2.45, 2.75) is 25.7 Å². The third kappa shape index (κ3) is 5.63. The first-order chi connectivity index (χ1) is 12.7. The molecule has 2 aromatic carbocycles. The van der Waals surface area contributed by atoms with E-state index in [9.17, 15) is 18.0 Å². The standard InChI is InChI=1S/C19H23N3O4S/c1-4-22(17-7-5-6-14(2)12-17)19(24)13-20-27(25,26)18-10-8-16(9-11-18)21-15(3)23/h5-12,20H,4,13H2,1-3H3,(H,21,23). The second-order valence-electron chi connectivity index (χ2n) is 6.01. The molecule has 2 aromatic rings. The highest BCUT2D eigenvalue weighted by molar-refractivity contribution is 7.89. The Kier molecular flexibility index (Phi) is 6.70. The molecule has 0 bridgehead atoms. The number of hydrogen-bond donors (Lipinski definition) is 2. The largest absolute Gasteiger partial charge is 0.326 e. The normalized spacial score (nSPS) is 11.1. The van der Waals surface area contributed by atoms with Crippen LogP contribution in [0.3, 0.4) is 0 Å². The molecule has 0 saturated carbocycles. The Bertz CT molecular complexity index is 924. The van der Waals surface area contributed by atoms with Crippen molar-refractivity contribution < 1.29 is 18.0 Å². The fourth-order valence-corrected chi connectivity index (χ4v) is 3.53. The summed E-state index contributed by atoms with van der Waals surface area (Å²) in [5, 5.41) is 2.56. The van der Waals surface area contributed by atoms with Gasteiger partial charge in [0.15, 0.2) is 0 Å². The van der Waals surface area contributed by atoms with E-state index in [1.807, 2.05) is 38.1 Å². The summed E-state index contributed by atoms with van der Waals surface area (Å²) in [6.45, 7) is 5.20. The van der Waals surface area contributed by atoms with Crippen molar-refractivity contribution >= 4 is 33.2 Å². The molecule has 8 heteroatoms. The van der Waals surface area contributed by atoms with E-state index in [1.165, 1.54) is 36.1 Å². The van der Waals surface area contributed by atoms with E-state index in [2.05, 4.69) is 10.0 Å². The Morgan fingerprint density at radius 2 is 1.74 bits per heavy atom. The zero-order valence-corrected chi connectivity index (χ0v) is 16.3. The van der Waals surface area contributed by atoms with E-state index < -0.39 is 10.0 Å². The van der Waals surface area contributed by atoms with E-state index in [-0.39, 0.29) is 23.3 Å². The van der Waals surface area contributed by atoms with Gasteiger partial charge in [0.05, 0.1) is 11.4 Å². The average molecular weight is 389 g/mol. The van der Waals surface area contributed by atoms with Gasteiger partial charge in [-0.15, -0.1) is 0 Å². The molecule has 0 radical (unpaired) electrons. The van der Waals surface area contributed by atoms with Crippen molar-refractivity contribution in [2.75, 3.05) is 23.3 Å². The van der Waals surface area contributed by atoms with Crippen molar-refractivity contribution in [1.29, 1.82) is 0 Å². The Labute approximate surface area is 159 Å². The molecular weight excluding hydrogens is 366 g/mol. The van der Waals surface area contributed by atoms with Crippen molar-refractivity contribution in [3.63, 3.8) is 0 Å². The predicted molar refractivity (Wildman–Crippen MR) is 105 cm³/mol. The number of hydrogen-bond acceptors (Lipinski definition) is 4. The third-order valence-corrected chi connectivity index (χ3v) is 5.25. The smallest absolute Gasteiger partial charge is 0.242 e. The van der Waals surface area contributed by atoms with E-state index >= 15 is 0 Å². The Morgan fingerprint density at radius 3 is 2.30 bits per heavy atom. The van der Waals surface area contributed by atoms with Crippen LogP contribution in [0.4, 0.5) is 11.4 Å². The minimum Gasteiger partial charge on any atom is -0.326 e. The number of benzene rings is 2. The monoisotopic (exact) mass is 389 g/mol. The number of rotatable bonds is 7. The first kappa shape index (κ1) is 20.6. The molecule has 0 aliphatic carbocycles. The van der Waals surface area contributed by atoms with Gasteiger partial charge in [0, 0.05) is 24.8 Å². The van der Waals surface area contributed by atoms with Crippen LogP contribution in [0.2, 0.25) is 0 Å². The van der Waals surface area contributed by atoms with E-state index in [0.29, 0.717) is 12.2 Å². The highest BCUT2D eigenvalue weighted by atomic mass is 32.2. The molecule has 0 heterocycles. The Balaban J connectivity index is 2.07. The summed E-state index contributed by atoms with van der Waals surface area (Å²) in [6.07, 6.45) is 0. The van der Waals surface area contributed by atoms with Gasteiger partial charge in [-0.25, -0.2) is 13.1 Å². The number of anilines is 2. The summed E-state index contributed by atoms with van der Waals surface area (Å²) < 4.78 is 27.1. The van der Waals surface area contributed by atoms with Gasteiger partial charge in [-0.1, -0.05) is 12.1 Å². The minimum atomic E-state index is -3.84. The van der Waals surface area contributed by atoms with Gasteiger partial charge in [0.1, 0.15) is 0 Å². The molecule has 0 spiro atoms. The predicted octanol–water partition coefficient (Wildman–Crippen LogP) is 2.28. The lowest BCUT2D eigenvalue weighted by molar-refractivity contribution is -0.117. The van der Waals surface area contributed by atoms with Crippen LogP contribution in [0.25, 0.3) is 0 Å². The lowest BCUT2D eigenvalue weighted by Gasteiger charge is -2.21. The molecule has 0 aliphatic heterocycles. The second-order valence-corrected chi connectivity index (χ2v) is 7.77. The first-order valence-electron chi connectivity index (χ1n) is 8.47. The van der Waals surface area contributed by atoms with Crippen LogP contribution in [-0.4, -0.2) is 33.3 Å². The summed E-state index contributed by atoms with van der Waals surface area (Å²) in [4.78, 5) is 25.0. The van der Waals surface area contributed by atoms with Crippen molar-refractivity contribution in [1.82, 2.24) is 4.72 Å². The van der Waals surface area contributed by atoms with Crippen LogP contribution in [-0.2, 0) is 19.6 Å². The Morgan fingerprint density at radius 1 is 1.07 bits per heavy atom. The first-order valence-corrected chi connectivity index (χ1v) is 9.95. The summed E-state index contributed by atoms with van der Waals surface area (Å²) in [5.74, 6) is -0.591. The van der Waals surface area contributed by atoms with Crippen LogP contribution in [0, 0.1) is 6.92 Å². The van der Waals surface area contributed by atoms with Gasteiger partial charge in [0.25, 0.3) is 0 Å². The number of carbonyl (C=O) groups is 2. The minimum absolute atomic E-state index is 0.0167. The van der Waals surface area contributed by atoms with Crippen molar-refractivity contribution in [3.8, 4) is 0 Å². The fourth-order valence-electron chi connectivity index (χ4n) is 2.55. The molecule has 0 aromatic heterocycles. The zero-order chi connectivity index (χ0) is 20.0. The van der Waals surface area contributed by atoms with Crippen LogP contribution < -0.4 is 14.9 Å². The summed E-state index contributed by atoms with van der Waals surface area (Å²) in [6, 6.07) is 13.2. The number of carbonyl (C=O) groups excluding carboxylic acids is 2. The molecule has 0 saturated heterocycles. The highest BCUT2D eigenvalue weighted by Gasteiger charge is 2.19. The second kappa shape index (κ2) is 8.79. The number of nitrogens with one attached hydrogen (secondary N) is 2. The number of likely N-dealkylation sites (N-methyl/N-ethyl adjacent to an activating group) is 1. The maximum atomic E-state index is 12.5. The van der Waals surface area contributed by atoms with Crippen LogP contribution in [0.15, 0.2) is 53.4 Å². The van der Waals surface area contributed by atoms with E-state index in [4.69, 9.17) is 0 Å². The molecule has 7 nitrogen and oxygen atoms in total. The summed E-state index contributed by atoms with van der Waals surface area (Å²) in [7, 11) is -3.84. The molecule has 2 rings (SSSR count). The SMILES string of the molecule is CCN(C(=O)CNS(=O)(=O)c1ccc(NC(C)=O)cc1)c1cccc(C)c1. The van der Waals surface area contributed by atoms with E-state index in [1.54, 1.807) is 0 Å². The molecular formula is C19H23N3O4S. The van der Waals surface area contributed by atoms with Gasteiger partial charge in [-0.05, 0) is 55.8 Å². The van der Waals surface area contributed by atoms with E-state index in [0.717, 1.165) is 11.3 Å². The van der Waals surface area contributed by atoms with Crippen LogP contribution in [0.1, 0.15) is 19.4 Å². The van der Waals surface area contributed by atoms with Crippen LogP contribution in [0.5, 0.6) is 0 Å². The summed E-state index contributed by atoms with van der Waals surface area (Å²) >= 11 is 0. The Hall–Kier alpha value is -2.71. The molecule has 144 valence electrons. The fraction of sp³-hybridized carbons (Fsp3) is 0.263. The molecule has 0 atom stereocenters. The molecule has 27 heavy (non-hydrogen) atoms. The zero-order valence-electron chi connectivity index (χ0n) is 15.5. The summed E-state index contributed by atoms with van der Waals surface area (Å²) in [5.41, 5.74) is 2.23. The quantitative estimate of drug-likeness (QED) is 0.759. The van der Waals surface area contributed by atoms with Gasteiger partial charge < -0.3 is 10.2 Å². The van der Waals surface area contributed by atoms with Crippen molar-refractivity contribution in [2.24, 2.45) is 0 Å². The number of aryl methyl sites for hydroxylation is 1. The van der Waals surface area contributed by atoms with Gasteiger partial charge in [0.2, 0.25) is 21.8 Å². The maximum Gasteiger partial charge on any atom is 0.242 e. The lowest BCUT2D eigenvalue weighted by atomic mass is 10.2. The number of amides is 2. The van der Waals surface area contributed by atoms with Gasteiger partial charge >= 0.3 is 0 Å². The molecule has 0 aliphatic rings. The molecule has 0 unspecified atom stereocenters. The third-order valence-electron chi connectivity index (χ3n) is 3.83.